The van der Waals surface area contributed by atoms with Crippen molar-refractivity contribution in [3.8, 4) is 0 Å². The monoisotopic (exact) mass is 160 g/mol. The molecule has 0 aromatic rings. The molecule has 0 heterocycles. The molecule has 0 aromatic carbocycles. The van der Waals surface area contributed by atoms with Crippen LogP contribution in [0.2, 0.25) is 0 Å². The zero-order chi connectivity index (χ0) is 8.85. The molecule has 4 nitrogen and oxygen atoms in total. The maximum absolute atomic E-state index is 10.8. The maximum Gasteiger partial charge on any atom is 0.309 e. The largest absolute Gasteiger partial charge is 0.481 e. The van der Waals surface area contributed by atoms with Gasteiger partial charge in [-0.05, 0) is 6.42 Å². The van der Waals surface area contributed by atoms with Gasteiger partial charge in [-0.15, -0.1) is 0 Å². The van der Waals surface area contributed by atoms with E-state index in [4.69, 9.17) is 5.11 Å². The van der Waals surface area contributed by atoms with Crippen LogP contribution < -0.4 is 0 Å². The summed E-state index contributed by atoms with van der Waals surface area (Å²) in [7, 11) is 1.26. The van der Waals surface area contributed by atoms with Gasteiger partial charge in [0.05, 0.1) is 19.4 Å². The van der Waals surface area contributed by atoms with Gasteiger partial charge >= 0.3 is 11.9 Å². The van der Waals surface area contributed by atoms with Crippen molar-refractivity contribution in [3.05, 3.63) is 0 Å². The Hall–Kier alpha value is -1.06. The summed E-state index contributed by atoms with van der Waals surface area (Å²) >= 11 is 0. The lowest BCUT2D eigenvalue weighted by molar-refractivity contribution is -0.150. The second-order valence-corrected chi connectivity index (χ2v) is 2.23. The van der Waals surface area contributed by atoms with Crippen LogP contribution in [0.4, 0.5) is 0 Å². The molecule has 0 aliphatic heterocycles. The van der Waals surface area contributed by atoms with Crippen molar-refractivity contribution in [2.75, 3.05) is 7.11 Å². The summed E-state index contributed by atoms with van der Waals surface area (Å²) in [6.45, 7) is 1.75. The van der Waals surface area contributed by atoms with Gasteiger partial charge in [0.1, 0.15) is 0 Å². The fourth-order valence-corrected chi connectivity index (χ4v) is 0.772. The average Bonchev–Trinajstić information content (AvgIpc) is 1.98. The lowest BCUT2D eigenvalue weighted by atomic mass is 10.0. The van der Waals surface area contributed by atoms with Crippen LogP contribution in [0.25, 0.3) is 0 Å². The molecule has 0 aromatic heterocycles. The number of carbonyl (C=O) groups is 2. The molecule has 0 fully saturated rings. The van der Waals surface area contributed by atoms with Crippen LogP contribution in [0, 0.1) is 5.92 Å². The summed E-state index contributed by atoms with van der Waals surface area (Å²) in [6.07, 6.45) is 0.349. The third-order valence-electron chi connectivity index (χ3n) is 1.45. The summed E-state index contributed by atoms with van der Waals surface area (Å²) in [5, 5.41) is 8.35. The summed E-state index contributed by atoms with van der Waals surface area (Å²) in [6, 6.07) is 0. The van der Waals surface area contributed by atoms with Gasteiger partial charge in [0.25, 0.3) is 0 Å². The van der Waals surface area contributed by atoms with Crippen LogP contribution in [0.5, 0.6) is 0 Å². The number of carbonyl (C=O) groups excluding carboxylic acids is 1. The molecule has 4 heteroatoms. The van der Waals surface area contributed by atoms with E-state index in [-0.39, 0.29) is 6.42 Å². The lowest BCUT2D eigenvalue weighted by Gasteiger charge is -2.08. The number of ether oxygens (including phenoxy) is 1. The van der Waals surface area contributed by atoms with Crippen molar-refractivity contribution in [1.82, 2.24) is 0 Å². The van der Waals surface area contributed by atoms with E-state index in [1.165, 1.54) is 7.11 Å². The molecule has 1 N–H and O–H groups in total. The average molecular weight is 160 g/mol. The normalized spacial score (nSPS) is 12.2. The van der Waals surface area contributed by atoms with Crippen molar-refractivity contribution in [3.63, 3.8) is 0 Å². The van der Waals surface area contributed by atoms with Gasteiger partial charge in [0, 0.05) is 0 Å². The smallest absolute Gasteiger partial charge is 0.309 e. The van der Waals surface area contributed by atoms with Gasteiger partial charge in [-0.1, -0.05) is 6.92 Å². The molecule has 0 aliphatic rings. The molecule has 0 aliphatic carbocycles. The molecule has 1 atom stereocenters. The van der Waals surface area contributed by atoms with Gasteiger partial charge in [0.15, 0.2) is 0 Å². The van der Waals surface area contributed by atoms with E-state index < -0.39 is 17.9 Å². The van der Waals surface area contributed by atoms with Gasteiger partial charge in [-0.25, -0.2) is 0 Å². The number of hydrogen-bond acceptors (Lipinski definition) is 3. The van der Waals surface area contributed by atoms with Crippen LogP contribution in [0.15, 0.2) is 0 Å². The van der Waals surface area contributed by atoms with Crippen molar-refractivity contribution in [1.29, 1.82) is 0 Å². The maximum atomic E-state index is 10.8. The Kier molecular flexibility index (Phi) is 4.26. The van der Waals surface area contributed by atoms with Gasteiger partial charge < -0.3 is 9.84 Å². The number of aliphatic carboxylic acids is 1. The molecular formula is C7H12O4. The highest BCUT2D eigenvalue weighted by molar-refractivity contribution is 5.78. The number of carboxylic acids is 1. The fourth-order valence-electron chi connectivity index (χ4n) is 0.772. The van der Waals surface area contributed by atoms with Crippen molar-refractivity contribution in [2.24, 2.45) is 5.92 Å². The standard InChI is InChI=1S/C7H12O4/c1-3-5(4-6(8)9)7(10)11-2/h5H,3-4H2,1-2H3,(H,8,9). The Morgan fingerprint density at radius 1 is 1.55 bits per heavy atom. The molecular weight excluding hydrogens is 148 g/mol. The Labute approximate surface area is 65.2 Å². The SMILES string of the molecule is CCC(CC(=O)O)C(=O)OC. The summed E-state index contributed by atoms with van der Waals surface area (Å²) < 4.78 is 4.40. The Morgan fingerprint density at radius 3 is 2.36 bits per heavy atom. The first-order valence-electron chi connectivity index (χ1n) is 3.41. The molecule has 1 unspecified atom stereocenters. The minimum absolute atomic E-state index is 0.150. The predicted octanol–water partition coefficient (Wildman–Crippen LogP) is 0.660. The van der Waals surface area contributed by atoms with Crippen LogP contribution in [0.3, 0.4) is 0 Å². The Balaban J connectivity index is 3.94. The lowest BCUT2D eigenvalue weighted by Crippen LogP contribution is -2.18. The van der Waals surface area contributed by atoms with E-state index in [1.807, 2.05) is 0 Å². The summed E-state index contributed by atoms with van der Waals surface area (Å²) in [4.78, 5) is 21.0. The van der Waals surface area contributed by atoms with E-state index in [0.717, 1.165) is 0 Å². The first kappa shape index (κ1) is 9.94. The summed E-state index contributed by atoms with van der Waals surface area (Å²) in [5.41, 5.74) is 0. The van der Waals surface area contributed by atoms with Gasteiger partial charge in [-0.2, -0.15) is 0 Å². The van der Waals surface area contributed by atoms with E-state index in [1.54, 1.807) is 6.92 Å². The van der Waals surface area contributed by atoms with Crippen LogP contribution in [-0.2, 0) is 14.3 Å². The zero-order valence-electron chi connectivity index (χ0n) is 6.66. The predicted molar refractivity (Wildman–Crippen MR) is 38.0 cm³/mol. The Morgan fingerprint density at radius 2 is 2.09 bits per heavy atom. The van der Waals surface area contributed by atoms with Crippen molar-refractivity contribution < 1.29 is 19.4 Å². The number of carboxylic acid groups (broad SMARTS) is 1. The highest BCUT2D eigenvalue weighted by atomic mass is 16.5. The third-order valence-corrected chi connectivity index (χ3v) is 1.45. The van der Waals surface area contributed by atoms with Crippen LogP contribution in [0.1, 0.15) is 19.8 Å². The zero-order valence-corrected chi connectivity index (χ0v) is 6.66. The van der Waals surface area contributed by atoms with Crippen LogP contribution >= 0.6 is 0 Å². The van der Waals surface area contributed by atoms with Crippen LogP contribution in [-0.4, -0.2) is 24.2 Å². The summed E-state index contributed by atoms with van der Waals surface area (Å²) in [5.74, 6) is -1.92. The molecule has 0 spiro atoms. The number of rotatable bonds is 4. The second kappa shape index (κ2) is 4.71. The van der Waals surface area contributed by atoms with E-state index in [9.17, 15) is 9.59 Å². The molecule has 64 valence electrons. The quantitative estimate of drug-likeness (QED) is 0.613. The Bertz CT molecular complexity index is 153. The van der Waals surface area contributed by atoms with E-state index in [2.05, 4.69) is 4.74 Å². The highest BCUT2D eigenvalue weighted by Gasteiger charge is 2.19. The molecule has 0 saturated heterocycles. The van der Waals surface area contributed by atoms with E-state index >= 15 is 0 Å². The topological polar surface area (TPSA) is 63.6 Å². The third kappa shape index (κ3) is 3.60. The molecule has 0 amide bonds. The van der Waals surface area contributed by atoms with Gasteiger partial charge in [-0.3, -0.25) is 9.59 Å². The number of hydrogen-bond donors (Lipinski definition) is 1. The number of methoxy groups -OCH3 is 1. The first-order chi connectivity index (χ1) is 5.11. The minimum atomic E-state index is -0.970. The molecule has 0 radical (unpaired) electrons. The van der Waals surface area contributed by atoms with Gasteiger partial charge in [0.2, 0.25) is 0 Å². The van der Waals surface area contributed by atoms with Crippen molar-refractivity contribution in [2.45, 2.75) is 19.8 Å². The van der Waals surface area contributed by atoms with E-state index in [0.29, 0.717) is 6.42 Å². The highest BCUT2D eigenvalue weighted by Crippen LogP contribution is 2.09. The fraction of sp³-hybridized carbons (Fsp3) is 0.714. The second-order valence-electron chi connectivity index (χ2n) is 2.23. The van der Waals surface area contributed by atoms with Crippen molar-refractivity contribution >= 4 is 11.9 Å². The molecule has 0 rings (SSSR count). The number of esters is 1. The molecule has 0 saturated carbocycles. The first-order valence-corrected chi connectivity index (χ1v) is 3.41. The molecule has 0 bridgehead atoms. The molecule has 11 heavy (non-hydrogen) atoms. The minimum Gasteiger partial charge on any atom is -0.481 e.